The molecule has 3 aromatic rings. The second-order valence-corrected chi connectivity index (χ2v) is 8.43. The van der Waals surface area contributed by atoms with Crippen LogP contribution in [0.4, 0.5) is 13.2 Å². The van der Waals surface area contributed by atoms with Crippen molar-refractivity contribution in [2.45, 2.75) is 38.5 Å². The zero-order valence-electron chi connectivity index (χ0n) is 18.1. The van der Waals surface area contributed by atoms with Gasteiger partial charge in [-0.05, 0) is 50.1 Å². The number of alkyl halides is 3. The Bertz CT molecular complexity index is 1250. The molecule has 4 rings (SSSR count). The maximum Gasteiger partial charge on any atom is 0.416 e. The molecule has 33 heavy (non-hydrogen) atoms. The zero-order valence-corrected chi connectivity index (χ0v) is 18.1. The summed E-state index contributed by atoms with van der Waals surface area (Å²) in [5.74, 6) is 0.590. The molecule has 2 heterocycles. The number of hydrogen-bond acceptors (Lipinski definition) is 3. The van der Waals surface area contributed by atoms with Crippen molar-refractivity contribution >= 4 is 0 Å². The van der Waals surface area contributed by atoms with E-state index in [4.69, 9.17) is 4.74 Å². The van der Waals surface area contributed by atoms with Crippen molar-refractivity contribution in [3.8, 4) is 11.5 Å². The van der Waals surface area contributed by atoms with Gasteiger partial charge >= 0.3 is 11.9 Å². The van der Waals surface area contributed by atoms with Crippen molar-refractivity contribution in [3.05, 3.63) is 92.3 Å². The van der Waals surface area contributed by atoms with Crippen LogP contribution in [0.3, 0.4) is 0 Å². The Morgan fingerprint density at radius 2 is 1.85 bits per heavy atom. The SMILES string of the molecule is Cc1cn([C@H]2CCC[NH+](Cc3cccc(Oc4cccc(C(F)(F)F)c4)c3)C2)c(=O)[nH]c1=O. The third-order valence-corrected chi connectivity index (χ3v) is 5.88. The lowest BCUT2D eigenvalue weighted by Gasteiger charge is -2.31. The van der Waals surface area contributed by atoms with E-state index in [0.29, 0.717) is 17.9 Å². The molecule has 2 aromatic carbocycles. The summed E-state index contributed by atoms with van der Waals surface area (Å²) in [5.41, 5.74) is -0.0313. The summed E-state index contributed by atoms with van der Waals surface area (Å²) in [6.07, 6.45) is -1.02. The number of H-pyrrole nitrogens is 1. The van der Waals surface area contributed by atoms with Crippen LogP contribution in [-0.4, -0.2) is 22.6 Å². The van der Waals surface area contributed by atoms with Crippen LogP contribution in [0.2, 0.25) is 0 Å². The van der Waals surface area contributed by atoms with Crippen LogP contribution in [0.25, 0.3) is 0 Å². The summed E-state index contributed by atoms with van der Waals surface area (Å²) < 4.78 is 46.2. The molecule has 2 atom stereocenters. The zero-order chi connectivity index (χ0) is 23.6. The summed E-state index contributed by atoms with van der Waals surface area (Å²) in [6.45, 7) is 4.03. The first-order valence-corrected chi connectivity index (χ1v) is 10.8. The topological polar surface area (TPSA) is 68.5 Å². The van der Waals surface area contributed by atoms with Gasteiger partial charge in [-0.15, -0.1) is 0 Å². The largest absolute Gasteiger partial charge is 0.457 e. The molecule has 0 aliphatic carbocycles. The van der Waals surface area contributed by atoms with Crippen molar-refractivity contribution in [3.63, 3.8) is 0 Å². The first-order chi connectivity index (χ1) is 15.7. The number of halogens is 3. The summed E-state index contributed by atoms with van der Waals surface area (Å²) in [7, 11) is 0. The highest BCUT2D eigenvalue weighted by molar-refractivity contribution is 5.36. The smallest absolute Gasteiger partial charge is 0.416 e. The van der Waals surface area contributed by atoms with E-state index in [1.807, 2.05) is 18.2 Å². The van der Waals surface area contributed by atoms with Gasteiger partial charge in [0.25, 0.3) is 5.56 Å². The molecule has 1 aliphatic rings. The van der Waals surface area contributed by atoms with E-state index in [0.717, 1.165) is 43.6 Å². The fraction of sp³-hybridized carbons (Fsp3) is 0.333. The maximum atomic E-state index is 13.0. The van der Waals surface area contributed by atoms with Gasteiger partial charge in [0.15, 0.2) is 0 Å². The maximum absolute atomic E-state index is 13.0. The molecule has 0 radical (unpaired) electrons. The number of aromatic nitrogens is 2. The highest BCUT2D eigenvalue weighted by Crippen LogP contribution is 2.32. The van der Waals surface area contributed by atoms with Gasteiger partial charge in [-0.25, -0.2) is 4.79 Å². The van der Waals surface area contributed by atoms with Crippen LogP contribution in [0, 0.1) is 6.92 Å². The van der Waals surface area contributed by atoms with Crippen molar-refractivity contribution in [2.75, 3.05) is 13.1 Å². The number of benzene rings is 2. The van der Waals surface area contributed by atoms with Crippen molar-refractivity contribution in [1.82, 2.24) is 9.55 Å². The van der Waals surface area contributed by atoms with Crippen molar-refractivity contribution < 1.29 is 22.8 Å². The number of aryl methyl sites for hydroxylation is 1. The minimum atomic E-state index is -4.43. The second kappa shape index (κ2) is 9.27. The lowest BCUT2D eigenvalue weighted by Crippen LogP contribution is -3.12. The summed E-state index contributed by atoms with van der Waals surface area (Å²) in [6, 6.07) is 12.1. The number of aromatic amines is 1. The molecule has 0 amide bonds. The van der Waals surface area contributed by atoms with Gasteiger partial charge in [0.05, 0.1) is 24.7 Å². The molecule has 0 saturated carbocycles. The number of hydrogen-bond donors (Lipinski definition) is 2. The molecule has 1 fully saturated rings. The molecule has 9 heteroatoms. The lowest BCUT2D eigenvalue weighted by atomic mass is 10.0. The molecule has 1 aliphatic heterocycles. The molecule has 1 saturated heterocycles. The third-order valence-electron chi connectivity index (χ3n) is 5.88. The molecule has 6 nitrogen and oxygen atoms in total. The van der Waals surface area contributed by atoms with Gasteiger partial charge in [0.1, 0.15) is 18.0 Å². The highest BCUT2D eigenvalue weighted by atomic mass is 19.4. The van der Waals surface area contributed by atoms with Gasteiger partial charge in [-0.3, -0.25) is 14.3 Å². The van der Waals surface area contributed by atoms with Crippen LogP contribution in [0.5, 0.6) is 11.5 Å². The predicted molar refractivity (Wildman–Crippen MR) is 117 cm³/mol. The first kappa shape index (κ1) is 22.8. The monoisotopic (exact) mass is 460 g/mol. The van der Waals surface area contributed by atoms with E-state index in [1.165, 1.54) is 17.0 Å². The molecule has 0 bridgehead atoms. The van der Waals surface area contributed by atoms with E-state index in [2.05, 4.69) is 4.98 Å². The number of piperidine rings is 1. The van der Waals surface area contributed by atoms with Gasteiger partial charge in [0, 0.05) is 17.3 Å². The fourth-order valence-corrected chi connectivity index (χ4v) is 4.26. The molecule has 0 spiro atoms. The number of rotatable bonds is 5. The Balaban J connectivity index is 1.46. The van der Waals surface area contributed by atoms with Gasteiger partial charge in [-0.1, -0.05) is 18.2 Å². The van der Waals surface area contributed by atoms with Crippen molar-refractivity contribution in [2.24, 2.45) is 0 Å². The number of nitrogens with one attached hydrogen (secondary N) is 2. The molecule has 1 unspecified atom stereocenters. The fourth-order valence-electron chi connectivity index (χ4n) is 4.26. The van der Waals surface area contributed by atoms with Crippen LogP contribution < -0.4 is 20.9 Å². The Morgan fingerprint density at radius 1 is 1.12 bits per heavy atom. The third kappa shape index (κ3) is 5.54. The van der Waals surface area contributed by atoms with E-state index in [-0.39, 0.29) is 17.4 Å². The summed E-state index contributed by atoms with van der Waals surface area (Å²) in [5, 5.41) is 0. The van der Waals surface area contributed by atoms with Gasteiger partial charge in [-0.2, -0.15) is 13.2 Å². The van der Waals surface area contributed by atoms with E-state index in [1.54, 1.807) is 23.8 Å². The Kier molecular flexibility index (Phi) is 6.42. The molecule has 1 aromatic heterocycles. The van der Waals surface area contributed by atoms with E-state index < -0.39 is 17.4 Å². The van der Waals surface area contributed by atoms with E-state index >= 15 is 0 Å². The Morgan fingerprint density at radius 3 is 2.61 bits per heavy atom. The predicted octanol–water partition coefficient (Wildman–Crippen LogP) is 3.08. The van der Waals surface area contributed by atoms with E-state index in [9.17, 15) is 22.8 Å². The average Bonchev–Trinajstić information content (AvgIpc) is 2.76. The standard InChI is InChI=1S/C24H24F3N3O3/c1-16-13-30(23(32)28-22(16)31)19-7-4-10-29(15-19)14-17-5-2-8-20(11-17)33-21-9-3-6-18(12-21)24(25,26)27/h2-3,5-6,8-9,11-13,19H,4,7,10,14-15H2,1H3,(H,28,31,32)/p+1/t19-/m0/s1. The minimum absolute atomic E-state index is 0.0126. The normalized spacial score (nSPS) is 18.8. The van der Waals surface area contributed by atoms with Crippen molar-refractivity contribution in [1.29, 1.82) is 0 Å². The summed E-state index contributed by atoms with van der Waals surface area (Å²) >= 11 is 0. The van der Waals surface area contributed by atoms with Crippen LogP contribution >= 0.6 is 0 Å². The summed E-state index contributed by atoms with van der Waals surface area (Å²) in [4.78, 5) is 27.6. The first-order valence-electron chi connectivity index (χ1n) is 10.8. The van der Waals surface area contributed by atoms with Gasteiger partial charge in [0.2, 0.25) is 0 Å². The van der Waals surface area contributed by atoms with Crippen LogP contribution in [-0.2, 0) is 12.7 Å². The average molecular weight is 460 g/mol. The highest BCUT2D eigenvalue weighted by Gasteiger charge is 2.30. The molecular formula is C24H25F3N3O3+. The number of quaternary nitrogens is 1. The second-order valence-electron chi connectivity index (χ2n) is 8.43. The van der Waals surface area contributed by atoms with Crippen LogP contribution in [0.15, 0.2) is 64.3 Å². The quantitative estimate of drug-likeness (QED) is 0.615. The lowest BCUT2D eigenvalue weighted by molar-refractivity contribution is -0.921. The molecular weight excluding hydrogens is 435 g/mol. The Hall–Kier alpha value is -3.33. The molecule has 2 N–H and O–H groups in total. The van der Waals surface area contributed by atoms with Crippen LogP contribution in [0.1, 0.15) is 35.6 Å². The minimum Gasteiger partial charge on any atom is -0.457 e. The number of likely N-dealkylation sites (tertiary alicyclic amines) is 1. The van der Waals surface area contributed by atoms with Gasteiger partial charge < -0.3 is 9.64 Å². The number of nitrogens with zero attached hydrogens (tertiary/aromatic N) is 1. The Labute approximate surface area is 188 Å². The molecule has 174 valence electrons. The number of ether oxygens (including phenoxy) is 1.